The van der Waals surface area contributed by atoms with E-state index in [-0.39, 0.29) is 18.3 Å². The summed E-state index contributed by atoms with van der Waals surface area (Å²) in [5.41, 5.74) is 1.68. The SMILES string of the molecule is CCCN(CC)C(=O)CCC/C=C\c1cccc(C(=O)NCC)c1.O=CO. The Labute approximate surface area is 162 Å². The van der Waals surface area contributed by atoms with Crippen molar-refractivity contribution in [3.05, 3.63) is 41.5 Å². The summed E-state index contributed by atoms with van der Waals surface area (Å²) in [5, 5.41) is 9.69. The minimum Gasteiger partial charge on any atom is -0.483 e. The second-order valence-electron chi connectivity index (χ2n) is 5.86. The van der Waals surface area contributed by atoms with Crippen molar-refractivity contribution in [2.75, 3.05) is 19.6 Å². The summed E-state index contributed by atoms with van der Waals surface area (Å²) in [7, 11) is 0. The van der Waals surface area contributed by atoms with E-state index >= 15 is 0 Å². The molecule has 1 rings (SSSR count). The third-order valence-electron chi connectivity index (χ3n) is 3.79. The van der Waals surface area contributed by atoms with E-state index in [1.54, 1.807) is 0 Å². The molecule has 1 aromatic carbocycles. The maximum atomic E-state index is 12.0. The van der Waals surface area contributed by atoms with Gasteiger partial charge in [-0.3, -0.25) is 14.4 Å². The topological polar surface area (TPSA) is 86.7 Å². The van der Waals surface area contributed by atoms with Crippen LogP contribution in [-0.4, -0.2) is 47.9 Å². The number of allylic oxidation sites excluding steroid dienone is 1. The first-order valence-corrected chi connectivity index (χ1v) is 9.44. The Morgan fingerprint density at radius 2 is 1.93 bits per heavy atom. The van der Waals surface area contributed by atoms with Gasteiger partial charge in [0.25, 0.3) is 12.4 Å². The van der Waals surface area contributed by atoms with E-state index in [0.29, 0.717) is 18.5 Å². The molecule has 0 atom stereocenters. The van der Waals surface area contributed by atoms with Gasteiger partial charge in [0.2, 0.25) is 5.91 Å². The molecule has 0 saturated carbocycles. The lowest BCUT2D eigenvalue weighted by Gasteiger charge is -2.19. The Balaban J connectivity index is 0.00000210. The summed E-state index contributed by atoms with van der Waals surface area (Å²) in [6.07, 6.45) is 7.39. The highest BCUT2D eigenvalue weighted by atomic mass is 16.3. The number of nitrogens with one attached hydrogen (secondary N) is 1. The summed E-state index contributed by atoms with van der Waals surface area (Å²) >= 11 is 0. The van der Waals surface area contributed by atoms with Crippen molar-refractivity contribution in [3.8, 4) is 0 Å². The van der Waals surface area contributed by atoms with Gasteiger partial charge in [0.1, 0.15) is 0 Å². The number of benzene rings is 1. The molecule has 6 heteroatoms. The molecular formula is C21H32N2O4. The predicted molar refractivity (Wildman–Crippen MR) is 109 cm³/mol. The smallest absolute Gasteiger partial charge is 0.290 e. The fraction of sp³-hybridized carbons (Fsp3) is 0.476. The van der Waals surface area contributed by atoms with Crippen molar-refractivity contribution in [2.45, 2.75) is 46.5 Å². The summed E-state index contributed by atoms with van der Waals surface area (Å²) in [5.74, 6) is 0.194. The molecule has 150 valence electrons. The largest absolute Gasteiger partial charge is 0.483 e. The molecule has 0 aliphatic heterocycles. The minimum atomic E-state index is -0.250. The molecule has 2 amide bonds. The zero-order chi connectivity index (χ0) is 20.5. The Morgan fingerprint density at radius 3 is 2.52 bits per heavy atom. The molecule has 1 aromatic rings. The predicted octanol–water partition coefficient (Wildman–Crippen LogP) is 3.58. The van der Waals surface area contributed by atoms with Crippen LogP contribution in [-0.2, 0) is 9.59 Å². The monoisotopic (exact) mass is 376 g/mol. The number of carboxylic acid groups (broad SMARTS) is 1. The average molecular weight is 376 g/mol. The molecule has 6 nitrogen and oxygen atoms in total. The van der Waals surface area contributed by atoms with Crippen molar-refractivity contribution in [1.29, 1.82) is 0 Å². The van der Waals surface area contributed by atoms with Crippen molar-refractivity contribution in [2.24, 2.45) is 0 Å². The number of hydrogen-bond donors (Lipinski definition) is 2. The van der Waals surface area contributed by atoms with Crippen LogP contribution >= 0.6 is 0 Å². The molecule has 0 fully saturated rings. The van der Waals surface area contributed by atoms with Crippen molar-refractivity contribution in [1.82, 2.24) is 10.2 Å². The van der Waals surface area contributed by atoms with E-state index in [1.165, 1.54) is 0 Å². The highest BCUT2D eigenvalue weighted by molar-refractivity contribution is 5.94. The number of rotatable bonds is 10. The third kappa shape index (κ3) is 10.8. The van der Waals surface area contributed by atoms with Crippen molar-refractivity contribution >= 4 is 24.4 Å². The zero-order valence-corrected chi connectivity index (χ0v) is 16.6. The molecule has 0 bridgehead atoms. The van der Waals surface area contributed by atoms with Gasteiger partial charge in [-0.1, -0.05) is 31.2 Å². The van der Waals surface area contributed by atoms with Crippen LogP contribution in [0.3, 0.4) is 0 Å². The van der Waals surface area contributed by atoms with Gasteiger partial charge in [-0.2, -0.15) is 0 Å². The van der Waals surface area contributed by atoms with Gasteiger partial charge in [0.15, 0.2) is 0 Å². The molecule has 0 heterocycles. The normalized spacial score (nSPS) is 10.0. The summed E-state index contributed by atoms with van der Waals surface area (Å²) in [6, 6.07) is 7.56. The van der Waals surface area contributed by atoms with Gasteiger partial charge in [0, 0.05) is 31.6 Å². The van der Waals surface area contributed by atoms with Crippen molar-refractivity contribution < 1.29 is 19.5 Å². The molecule has 0 saturated heterocycles. The molecule has 0 unspecified atom stereocenters. The lowest BCUT2D eigenvalue weighted by atomic mass is 10.1. The third-order valence-corrected chi connectivity index (χ3v) is 3.79. The van der Waals surface area contributed by atoms with E-state index in [2.05, 4.69) is 18.3 Å². The number of carbonyl (C=O) groups is 3. The Morgan fingerprint density at radius 1 is 1.22 bits per heavy atom. The van der Waals surface area contributed by atoms with Crippen LogP contribution in [0.1, 0.15) is 62.4 Å². The molecule has 0 aromatic heterocycles. The van der Waals surface area contributed by atoms with Crippen LogP contribution in [0.5, 0.6) is 0 Å². The molecule has 0 radical (unpaired) electrons. The van der Waals surface area contributed by atoms with E-state index in [0.717, 1.165) is 37.9 Å². The van der Waals surface area contributed by atoms with E-state index in [1.807, 2.05) is 49.1 Å². The van der Waals surface area contributed by atoms with Crippen LogP contribution in [0.4, 0.5) is 0 Å². The Hall–Kier alpha value is -2.63. The number of unbranched alkanes of at least 4 members (excludes halogenated alkanes) is 1. The Bertz CT molecular complexity index is 600. The van der Waals surface area contributed by atoms with Gasteiger partial charge >= 0.3 is 0 Å². The molecular weight excluding hydrogens is 344 g/mol. The summed E-state index contributed by atoms with van der Waals surface area (Å²) in [4.78, 5) is 34.1. The fourth-order valence-electron chi connectivity index (χ4n) is 2.52. The van der Waals surface area contributed by atoms with Crippen LogP contribution in [0.15, 0.2) is 30.3 Å². The highest BCUT2D eigenvalue weighted by Crippen LogP contribution is 2.09. The molecule has 0 aliphatic carbocycles. The van der Waals surface area contributed by atoms with E-state index in [9.17, 15) is 9.59 Å². The minimum absolute atomic E-state index is 0.0473. The van der Waals surface area contributed by atoms with E-state index < -0.39 is 0 Å². The van der Waals surface area contributed by atoms with Crippen LogP contribution < -0.4 is 5.32 Å². The fourth-order valence-corrected chi connectivity index (χ4v) is 2.52. The number of amides is 2. The highest BCUT2D eigenvalue weighted by Gasteiger charge is 2.09. The zero-order valence-electron chi connectivity index (χ0n) is 16.6. The standard InChI is InChI=1S/C20H30N2O2.CH2O2/c1-4-15-22(6-3)19(23)14-9-7-8-11-17-12-10-13-18(16-17)20(24)21-5-2;2-1-3/h8,10-13,16H,4-7,9,14-15H2,1-3H3,(H,21,24);1H,(H,2,3)/b11-8-;. The first kappa shape index (κ1) is 24.4. The second-order valence-corrected chi connectivity index (χ2v) is 5.86. The Kier molecular flexibility index (Phi) is 14.1. The molecule has 27 heavy (non-hydrogen) atoms. The first-order chi connectivity index (χ1) is 13.0. The molecule has 2 N–H and O–H groups in total. The number of hydrogen-bond acceptors (Lipinski definition) is 3. The van der Waals surface area contributed by atoms with Crippen LogP contribution in [0.25, 0.3) is 6.08 Å². The lowest BCUT2D eigenvalue weighted by molar-refractivity contribution is -0.131. The molecule has 0 aliphatic rings. The quantitative estimate of drug-likeness (QED) is 0.483. The van der Waals surface area contributed by atoms with Crippen LogP contribution in [0.2, 0.25) is 0 Å². The summed E-state index contributed by atoms with van der Waals surface area (Å²) in [6.45, 7) is 8.03. The van der Waals surface area contributed by atoms with Gasteiger partial charge in [-0.05, 0) is 50.8 Å². The van der Waals surface area contributed by atoms with E-state index in [4.69, 9.17) is 9.90 Å². The number of carbonyl (C=O) groups excluding carboxylic acids is 2. The van der Waals surface area contributed by atoms with Gasteiger partial charge in [-0.15, -0.1) is 0 Å². The van der Waals surface area contributed by atoms with Gasteiger partial charge in [0.05, 0.1) is 0 Å². The molecule has 0 spiro atoms. The lowest BCUT2D eigenvalue weighted by Crippen LogP contribution is -2.31. The average Bonchev–Trinajstić information content (AvgIpc) is 2.66. The van der Waals surface area contributed by atoms with Crippen molar-refractivity contribution in [3.63, 3.8) is 0 Å². The van der Waals surface area contributed by atoms with Gasteiger partial charge in [-0.25, -0.2) is 0 Å². The number of nitrogens with zero attached hydrogens (tertiary/aromatic N) is 1. The van der Waals surface area contributed by atoms with Crippen LogP contribution in [0, 0.1) is 0 Å². The maximum absolute atomic E-state index is 12.0. The van der Waals surface area contributed by atoms with Gasteiger partial charge < -0.3 is 15.3 Å². The second kappa shape index (κ2) is 15.6. The summed E-state index contributed by atoms with van der Waals surface area (Å²) < 4.78 is 0. The first-order valence-electron chi connectivity index (χ1n) is 9.44. The maximum Gasteiger partial charge on any atom is 0.290 e.